The van der Waals surface area contributed by atoms with E-state index in [1.807, 2.05) is 55.5 Å². The Hall–Kier alpha value is -5.81. The van der Waals surface area contributed by atoms with E-state index in [0.29, 0.717) is 5.82 Å². The van der Waals surface area contributed by atoms with Crippen molar-refractivity contribution in [3.05, 3.63) is 85.5 Å². The van der Waals surface area contributed by atoms with Gasteiger partial charge in [-0.25, -0.2) is 24.2 Å². The monoisotopic (exact) mass is 623 g/mol. The van der Waals surface area contributed by atoms with E-state index in [-0.39, 0.29) is 0 Å². The van der Waals surface area contributed by atoms with Gasteiger partial charge in [0.15, 0.2) is 0 Å². The number of aryl methyl sites for hydroxylation is 1. The zero-order valence-electron chi connectivity index (χ0n) is 22.1. The molecule has 44 heavy (non-hydrogen) atoms. The number of aromatic nitrogens is 6. The second-order valence-electron chi connectivity index (χ2n) is 8.26. The minimum absolute atomic E-state index is 0.709. The molecule has 1 aromatic carbocycles. The van der Waals surface area contributed by atoms with Gasteiger partial charge in [-0.05, 0) is 61.0 Å². The molecule has 0 amide bonds. The van der Waals surface area contributed by atoms with E-state index in [1.54, 1.807) is 35.9 Å². The highest BCUT2D eigenvalue weighted by Gasteiger charge is 2.38. The van der Waals surface area contributed by atoms with Crippen molar-refractivity contribution in [2.75, 3.05) is 5.32 Å². The van der Waals surface area contributed by atoms with Crippen LogP contribution in [0.3, 0.4) is 0 Å². The lowest BCUT2D eigenvalue weighted by Crippen LogP contribution is -2.21. The van der Waals surface area contributed by atoms with Crippen molar-refractivity contribution in [3.63, 3.8) is 0 Å². The van der Waals surface area contributed by atoms with Gasteiger partial charge in [0, 0.05) is 35.4 Å². The number of nitrogens with zero attached hydrogens (tertiary/aromatic N) is 6. The van der Waals surface area contributed by atoms with Crippen LogP contribution in [0.2, 0.25) is 0 Å². The van der Waals surface area contributed by atoms with Crippen LogP contribution in [0, 0.1) is 6.92 Å². The Morgan fingerprint density at radius 1 is 0.841 bits per heavy atom. The summed E-state index contributed by atoms with van der Waals surface area (Å²) in [6.07, 6.45) is -1.59. The molecular formula is C26H19F6N7O5. The van der Waals surface area contributed by atoms with Crippen LogP contribution in [-0.2, 0) is 9.59 Å². The lowest BCUT2D eigenvalue weighted by atomic mass is 10.0. The fourth-order valence-corrected chi connectivity index (χ4v) is 3.14. The standard InChI is InChI=1S/C22H17N7O.2C2HF3O2/c1-15-25-14-29(27-15)19-4-2-18(3-5-19)26-21-12-17(8-11-24-21)22-20(13-30-28-22)16-6-9-23-10-7-16;2*3-2(4,5)1(6)7/h2-14H,1H3,(H,24,26);2*(H,6,7). The van der Waals surface area contributed by atoms with Gasteiger partial charge in [0.1, 0.15) is 29.9 Å². The van der Waals surface area contributed by atoms with Gasteiger partial charge in [-0.3, -0.25) is 4.98 Å². The predicted molar refractivity (Wildman–Crippen MR) is 140 cm³/mol. The van der Waals surface area contributed by atoms with Gasteiger partial charge in [0.05, 0.1) is 5.69 Å². The van der Waals surface area contributed by atoms with E-state index in [9.17, 15) is 26.3 Å². The maximum atomic E-state index is 10.6. The molecule has 4 aromatic heterocycles. The van der Waals surface area contributed by atoms with Crippen molar-refractivity contribution in [1.29, 1.82) is 0 Å². The van der Waals surface area contributed by atoms with Crippen LogP contribution >= 0.6 is 0 Å². The molecule has 0 aliphatic carbocycles. The Bertz CT molecular complexity index is 1660. The second kappa shape index (κ2) is 13.9. The van der Waals surface area contributed by atoms with Gasteiger partial charge in [0.25, 0.3) is 0 Å². The van der Waals surface area contributed by atoms with Crippen molar-refractivity contribution in [1.82, 2.24) is 29.9 Å². The Balaban J connectivity index is 0.000000317. The summed E-state index contributed by atoms with van der Waals surface area (Å²) >= 11 is 0. The second-order valence-corrected chi connectivity index (χ2v) is 8.26. The van der Waals surface area contributed by atoms with Crippen LogP contribution in [0.25, 0.3) is 28.1 Å². The molecule has 12 nitrogen and oxygen atoms in total. The molecule has 230 valence electrons. The molecule has 0 spiro atoms. The number of hydrogen-bond donors (Lipinski definition) is 3. The average Bonchev–Trinajstić information content (AvgIpc) is 3.63. The van der Waals surface area contributed by atoms with E-state index < -0.39 is 24.3 Å². The van der Waals surface area contributed by atoms with Crippen LogP contribution < -0.4 is 5.32 Å². The molecule has 0 saturated heterocycles. The van der Waals surface area contributed by atoms with Gasteiger partial charge in [0.2, 0.25) is 0 Å². The van der Waals surface area contributed by atoms with Crippen molar-refractivity contribution < 1.29 is 50.7 Å². The highest BCUT2D eigenvalue weighted by atomic mass is 19.4. The fourth-order valence-electron chi connectivity index (χ4n) is 3.14. The van der Waals surface area contributed by atoms with E-state index in [0.717, 1.165) is 39.6 Å². The van der Waals surface area contributed by atoms with E-state index >= 15 is 0 Å². The van der Waals surface area contributed by atoms with Crippen LogP contribution in [0.5, 0.6) is 0 Å². The molecule has 5 aromatic rings. The van der Waals surface area contributed by atoms with Crippen LogP contribution in [-0.4, -0.2) is 64.4 Å². The molecule has 18 heteroatoms. The maximum Gasteiger partial charge on any atom is 0.490 e. The molecule has 0 fully saturated rings. The molecule has 0 aliphatic rings. The first-order valence-corrected chi connectivity index (χ1v) is 11.8. The van der Waals surface area contributed by atoms with Gasteiger partial charge in [-0.2, -0.15) is 31.4 Å². The van der Waals surface area contributed by atoms with Crippen molar-refractivity contribution >= 4 is 23.4 Å². The minimum atomic E-state index is -5.08. The van der Waals surface area contributed by atoms with Gasteiger partial charge in [-0.1, -0.05) is 5.16 Å². The number of carboxylic acid groups (broad SMARTS) is 2. The number of hydrogen-bond acceptors (Lipinski definition) is 9. The third-order valence-corrected chi connectivity index (χ3v) is 5.09. The summed E-state index contributed by atoms with van der Waals surface area (Å²) in [5, 5.41) is 26.1. The number of alkyl halides is 6. The summed E-state index contributed by atoms with van der Waals surface area (Å²) in [7, 11) is 0. The highest BCUT2D eigenvalue weighted by molar-refractivity contribution is 5.80. The zero-order valence-corrected chi connectivity index (χ0v) is 22.1. The Labute approximate surface area is 242 Å². The minimum Gasteiger partial charge on any atom is -0.475 e. The van der Waals surface area contributed by atoms with Gasteiger partial charge >= 0.3 is 24.3 Å². The molecule has 5 rings (SSSR count). The predicted octanol–water partition coefficient (Wildman–Crippen LogP) is 5.70. The normalized spacial score (nSPS) is 11.0. The Kier molecular flexibility index (Phi) is 10.3. The van der Waals surface area contributed by atoms with E-state index in [2.05, 4.69) is 30.5 Å². The number of pyridine rings is 2. The number of carbonyl (C=O) groups is 2. The molecule has 0 radical (unpaired) electrons. The summed E-state index contributed by atoms with van der Waals surface area (Å²) < 4.78 is 70.5. The summed E-state index contributed by atoms with van der Waals surface area (Å²) in [6.45, 7) is 1.86. The topological polar surface area (TPSA) is 169 Å². The van der Waals surface area contributed by atoms with Crippen molar-refractivity contribution in [2.45, 2.75) is 19.3 Å². The number of nitrogens with one attached hydrogen (secondary N) is 1. The van der Waals surface area contributed by atoms with Crippen LogP contribution in [0.15, 0.2) is 84.2 Å². The number of benzene rings is 1. The van der Waals surface area contributed by atoms with E-state index in [1.165, 1.54) is 0 Å². The summed E-state index contributed by atoms with van der Waals surface area (Å²) in [5.74, 6) is -4.07. The number of carboxylic acids is 2. The highest BCUT2D eigenvalue weighted by Crippen LogP contribution is 2.32. The summed E-state index contributed by atoms with van der Waals surface area (Å²) in [4.78, 5) is 30.4. The zero-order chi connectivity index (χ0) is 32.5. The quantitative estimate of drug-likeness (QED) is 0.205. The molecule has 0 atom stereocenters. The number of halogens is 6. The number of aliphatic carboxylic acids is 2. The molecule has 0 unspecified atom stereocenters. The van der Waals surface area contributed by atoms with Crippen LogP contribution in [0.1, 0.15) is 5.82 Å². The SMILES string of the molecule is Cc1ncn(-c2ccc(Nc3cc(-c4nocc4-c4ccncc4)ccn3)cc2)n1.O=C(O)C(F)(F)F.O=C(O)C(F)(F)F. The first kappa shape index (κ1) is 32.7. The van der Waals surface area contributed by atoms with E-state index in [4.69, 9.17) is 24.3 Å². The number of rotatable bonds is 5. The largest absolute Gasteiger partial charge is 0.490 e. The summed E-state index contributed by atoms with van der Waals surface area (Å²) in [5.41, 5.74) is 5.40. The van der Waals surface area contributed by atoms with Gasteiger partial charge < -0.3 is 20.1 Å². The van der Waals surface area contributed by atoms with Crippen molar-refractivity contribution in [3.8, 4) is 28.1 Å². The molecule has 0 aliphatic heterocycles. The molecule has 3 N–H and O–H groups in total. The molecule has 0 saturated carbocycles. The smallest absolute Gasteiger partial charge is 0.475 e. The molecule has 4 heterocycles. The Morgan fingerprint density at radius 3 is 1.93 bits per heavy atom. The maximum absolute atomic E-state index is 10.6. The lowest BCUT2D eigenvalue weighted by molar-refractivity contribution is -0.193. The lowest BCUT2D eigenvalue weighted by Gasteiger charge is -2.08. The average molecular weight is 623 g/mol. The van der Waals surface area contributed by atoms with Crippen LogP contribution in [0.4, 0.5) is 37.8 Å². The third kappa shape index (κ3) is 9.36. The third-order valence-electron chi connectivity index (χ3n) is 5.09. The number of anilines is 2. The van der Waals surface area contributed by atoms with Crippen molar-refractivity contribution in [2.24, 2.45) is 0 Å². The summed E-state index contributed by atoms with van der Waals surface area (Å²) in [6, 6.07) is 15.6. The molecular weight excluding hydrogens is 604 g/mol. The Morgan fingerprint density at radius 2 is 1.41 bits per heavy atom. The fraction of sp³-hybridized carbons (Fsp3) is 0.115. The van der Waals surface area contributed by atoms with Gasteiger partial charge in [-0.15, -0.1) is 0 Å². The first-order chi connectivity index (χ1) is 20.6. The molecule has 0 bridgehead atoms. The first-order valence-electron chi connectivity index (χ1n) is 11.8.